The number of benzene rings is 2. The number of alkyl halides is 3. The molecule has 2 aromatic rings. The monoisotopic (exact) mass is 412 g/mol. The highest BCUT2D eigenvalue weighted by Gasteiger charge is 2.43. The minimum Gasteiger partial charge on any atom is -0.322 e. The Morgan fingerprint density at radius 3 is 2.39 bits per heavy atom. The Morgan fingerprint density at radius 2 is 1.79 bits per heavy atom. The lowest BCUT2D eigenvalue weighted by atomic mass is 10.1. The van der Waals surface area contributed by atoms with E-state index in [0.29, 0.717) is 0 Å². The number of nitrogens with one attached hydrogen (secondary N) is 1. The molecule has 0 bridgehead atoms. The SMILES string of the molecule is CC(C)N1C(=O)c2ccc(C(=O)Nc3cccc(C(F)(F)F)c3)cc2S1(=O)=O. The van der Waals surface area contributed by atoms with Gasteiger partial charge in [0.15, 0.2) is 0 Å². The maximum absolute atomic E-state index is 12.8. The number of amides is 2. The van der Waals surface area contributed by atoms with Crippen molar-refractivity contribution in [2.75, 3.05) is 5.32 Å². The van der Waals surface area contributed by atoms with Gasteiger partial charge in [0.25, 0.3) is 21.8 Å². The lowest BCUT2D eigenvalue weighted by Crippen LogP contribution is -2.36. The fraction of sp³-hybridized carbons (Fsp3) is 0.222. The fourth-order valence-electron chi connectivity index (χ4n) is 2.88. The first-order valence-corrected chi connectivity index (χ1v) is 9.58. The first kappa shape index (κ1) is 19.9. The molecule has 0 radical (unpaired) electrons. The van der Waals surface area contributed by atoms with E-state index in [2.05, 4.69) is 5.32 Å². The van der Waals surface area contributed by atoms with Crippen molar-refractivity contribution in [1.29, 1.82) is 0 Å². The molecule has 0 fully saturated rings. The van der Waals surface area contributed by atoms with Crippen molar-refractivity contribution in [1.82, 2.24) is 4.31 Å². The molecule has 0 spiro atoms. The van der Waals surface area contributed by atoms with Gasteiger partial charge in [-0.3, -0.25) is 9.59 Å². The molecule has 0 atom stereocenters. The zero-order chi connectivity index (χ0) is 20.9. The number of sulfonamides is 1. The van der Waals surface area contributed by atoms with Crippen LogP contribution in [0.5, 0.6) is 0 Å². The van der Waals surface area contributed by atoms with E-state index in [-0.39, 0.29) is 21.7 Å². The van der Waals surface area contributed by atoms with E-state index in [1.807, 2.05) is 0 Å². The van der Waals surface area contributed by atoms with Crippen LogP contribution in [0.4, 0.5) is 18.9 Å². The molecule has 148 valence electrons. The highest BCUT2D eigenvalue weighted by atomic mass is 32.2. The summed E-state index contributed by atoms with van der Waals surface area (Å²) in [6.07, 6.45) is -4.57. The number of rotatable bonds is 3. The van der Waals surface area contributed by atoms with Gasteiger partial charge in [-0.25, -0.2) is 12.7 Å². The van der Waals surface area contributed by atoms with Crippen LogP contribution in [0, 0.1) is 0 Å². The van der Waals surface area contributed by atoms with Crippen LogP contribution in [0.2, 0.25) is 0 Å². The molecule has 0 saturated heterocycles. The minimum atomic E-state index is -4.57. The number of nitrogens with zero attached hydrogens (tertiary/aromatic N) is 1. The summed E-state index contributed by atoms with van der Waals surface area (Å²) in [5.74, 6) is -1.48. The molecule has 10 heteroatoms. The predicted molar refractivity (Wildman–Crippen MR) is 94.3 cm³/mol. The second-order valence-electron chi connectivity index (χ2n) is 6.44. The molecule has 1 N–H and O–H groups in total. The van der Waals surface area contributed by atoms with Gasteiger partial charge in [-0.05, 0) is 50.2 Å². The third-order valence-corrected chi connectivity index (χ3v) is 6.13. The molecule has 0 unspecified atom stereocenters. The van der Waals surface area contributed by atoms with Crippen LogP contribution in [-0.2, 0) is 16.2 Å². The maximum atomic E-state index is 12.8. The number of hydrogen-bond acceptors (Lipinski definition) is 4. The number of hydrogen-bond donors (Lipinski definition) is 1. The van der Waals surface area contributed by atoms with Crippen molar-refractivity contribution in [3.05, 3.63) is 59.2 Å². The van der Waals surface area contributed by atoms with Crippen LogP contribution in [-0.4, -0.2) is 30.6 Å². The molecule has 1 heterocycles. The smallest absolute Gasteiger partial charge is 0.322 e. The van der Waals surface area contributed by atoms with Crippen LogP contribution in [0.1, 0.15) is 40.1 Å². The molecule has 1 aliphatic rings. The summed E-state index contributed by atoms with van der Waals surface area (Å²) in [6, 6.07) is 6.97. The van der Waals surface area contributed by atoms with E-state index < -0.39 is 39.6 Å². The summed E-state index contributed by atoms with van der Waals surface area (Å²) in [4.78, 5) is 24.4. The Labute approximate surface area is 159 Å². The maximum Gasteiger partial charge on any atom is 0.416 e. The van der Waals surface area contributed by atoms with Gasteiger partial charge in [0, 0.05) is 17.3 Å². The summed E-state index contributed by atoms with van der Waals surface area (Å²) < 4.78 is 64.2. The number of fused-ring (bicyclic) bond motifs is 1. The van der Waals surface area contributed by atoms with Crippen molar-refractivity contribution in [2.45, 2.75) is 31.0 Å². The van der Waals surface area contributed by atoms with Crippen molar-refractivity contribution in [3.8, 4) is 0 Å². The third-order valence-electron chi connectivity index (χ3n) is 4.13. The molecule has 2 aromatic carbocycles. The number of carbonyl (C=O) groups excluding carboxylic acids is 2. The standard InChI is InChI=1S/C18H15F3N2O4S/c1-10(2)23-17(25)14-7-6-11(8-15(14)28(23,26)27)16(24)22-13-5-3-4-12(9-13)18(19,20)21/h3-10H,1-2H3,(H,22,24). The Hall–Kier alpha value is -2.88. The number of carbonyl (C=O) groups is 2. The van der Waals surface area contributed by atoms with Crippen molar-refractivity contribution < 1.29 is 31.2 Å². The largest absolute Gasteiger partial charge is 0.416 e. The summed E-state index contributed by atoms with van der Waals surface area (Å²) in [5, 5.41) is 2.30. The molecular formula is C18H15F3N2O4S. The Bertz CT molecular complexity index is 1080. The van der Waals surface area contributed by atoms with Crippen molar-refractivity contribution in [2.24, 2.45) is 0 Å². The van der Waals surface area contributed by atoms with Crippen LogP contribution >= 0.6 is 0 Å². The molecule has 1 aliphatic heterocycles. The Kier molecular flexibility index (Phi) is 4.70. The van der Waals surface area contributed by atoms with Gasteiger partial charge in [-0.1, -0.05) is 6.07 Å². The lowest BCUT2D eigenvalue weighted by Gasteiger charge is -2.18. The van der Waals surface area contributed by atoms with Crippen molar-refractivity contribution in [3.63, 3.8) is 0 Å². The molecule has 28 heavy (non-hydrogen) atoms. The first-order chi connectivity index (χ1) is 12.9. The van der Waals surface area contributed by atoms with Crippen molar-refractivity contribution >= 4 is 27.5 Å². The van der Waals surface area contributed by atoms with Crippen LogP contribution < -0.4 is 5.32 Å². The number of halogens is 3. The zero-order valence-electron chi connectivity index (χ0n) is 14.7. The minimum absolute atomic E-state index is 0.0516. The van der Waals surface area contributed by atoms with Crippen LogP contribution in [0.3, 0.4) is 0 Å². The zero-order valence-corrected chi connectivity index (χ0v) is 15.6. The molecule has 3 rings (SSSR count). The van der Waals surface area contributed by atoms with Gasteiger partial charge in [0.05, 0.1) is 11.1 Å². The Morgan fingerprint density at radius 1 is 1.11 bits per heavy atom. The van der Waals surface area contributed by atoms with E-state index in [1.54, 1.807) is 13.8 Å². The van der Waals surface area contributed by atoms with Crippen LogP contribution in [0.15, 0.2) is 47.4 Å². The molecule has 0 aromatic heterocycles. The molecule has 6 nitrogen and oxygen atoms in total. The molecule has 0 aliphatic carbocycles. The van der Waals surface area contributed by atoms with E-state index >= 15 is 0 Å². The summed E-state index contributed by atoms with van der Waals surface area (Å²) in [6.45, 7) is 3.09. The van der Waals surface area contributed by atoms with Gasteiger partial charge < -0.3 is 5.32 Å². The molecule has 2 amide bonds. The average molecular weight is 412 g/mol. The average Bonchev–Trinajstić information content (AvgIpc) is 2.80. The fourth-order valence-corrected chi connectivity index (χ4v) is 4.67. The first-order valence-electron chi connectivity index (χ1n) is 8.14. The van der Waals surface area contributed by atoms with Gasteiger partial charge in [0.1, 0.15) is 4.90 Å². The van der Waals surface area contributed by atoms with E-state index in [1.165, 1.54) is 18.2 Å². The quantitative estimate of drug-likeness (QED) is 0.836. The molecular weight excluding hydrogens is 397 g/mol. The highest BCUT2D eigenvalue weighted by molar-refractivity contribution is 7.90. The normalized spacial score (nSPS) is 15.6. The second-order valence-corrected chi connectivity index (χ2v) is 8.23. The molecule has 0 saturated carbocycles. The van der Waals surface area contributed by atoms with E-state index in [0.717, 1.165) is 28.6 Å². The van der Waals surface area contributed by atoms with Crippen LogP contribution in [0.25, 0.3) is 0 Å². The van der Waals surface area contributed by atoms with Gasteiger partial charge in [0.2, 0.25) is 0 Å². The number of anilines is 1. The summed E-state index contributed by atoms with van der Waals surface area (Å²) in [7, 11) is -4.09. The highest BCUT2D eigenvalue weighted by Crippen LogP contribution is 2.33. The third kappa shape index (κ3) is 3.35. The summed E-state index contributed by atoms with van der Waals surface area (Å²) in [5.41, 5.74) is -1.18. The van der Waals surface area contributed by atoms with Gasteiger partial charge in [-0.2, -0.15) is 13.2 Å². The van der Waals surface area contributed by atoms with Gasteiger partial charge in [-0.15, -0.1) is 0 Å². The second kappa shape index (κ2) is 6.62. The van der Waals surface area contributed by atoms with E-state index in [9.17, 15) is 31.2 Å². The summed E-state index contributed by atoms with van der Waals surface area (Å²) >= 11 is 0. The Balaban J connectivity index is 1.93. The predicted octanol–water partition coefficient (Wildman–Crippen LogP) is 3.51. The topological polar surface area (TPSA) is 83.6 Å². The van der Waals surface area contributed by atoms with Gasteiger partial charge >= 0.3 is 6.18 Å². The van der Waals surface area contributed by atoms with E-state index in [4.69, 9.17) is 0 Å². The lowest BCUT2D eigenvalue weighted by molar-refractivity contribution is -0.137.